The van der Waals surface area contributed by atoms with Crippen molar-refractivity contribution in [3.05, 3.63) is 45.6 Å². The largest absolute Gasteiger partial charge is 0.302 e. The second-order valence-corrected chi connectivity index (χ2v) is 8.32. The highest BCUT2D eigenvalue weighted by Gasteiger charge is 2.22. The van der Waals surface area contributed by atoms with Gasteiger partial charge in [0.25, 0.3) is 5.91 Å². The Balaban J connectivity index is 0.00000261. The van der Waals surface area contributed by atoms with Gasteiger partial charge in [0, 0.05) is 13.1 Å². The molecule has 0 aliphatic rings. The molecular weight excluding hydrogens is 398 g/mol. The molecule has 146 valence electrons. The number of amides is 1. The Kier molecular flexibility index (Phi) is 7.79. The zero-order valence-corrected chi connectivity index (χ0v) is 18.6. The van der Waals surface area contributed by atoms with Crippen molar-refractivity contribution >= 4 is 56.3 Å². The van der Waals surface area contributed by atoms with Crippen molar-refractivity contribution < 1.29 is 4.79 Å². The standard InChI is InChI=1S/C20H25N3OS2.ClH/c1-5-22(6-2)9-10-23(19(24)17-8-7-11-25-17)20-21-16-12-14(3)15(4)13-18(16)26-20;/h7-8,11-13H,5-6,9-10H2,1-4H3;1H. The zero-order valence-electron chi connectivity index (χ0n) is 16.2. The molecule has 0 atom stereocenters. The van der Waals surface area contributed by atoms with Crippen molar-refractivity contribution in [2.24, 2.45) is 0 Å². The lowest BCUT2D eigenvalue weighted by atomic mass is 10.1. The summed E-state index contributed by atoms with van der Waals surface area (Å²) in [6, 6.07) is 8.09. The number of nitrogens with zero attached hydrogens (tertiary/aromatic N) is 3. The molecule has 0 aliphatic heterocycles. The van der Waals surface area contributed by atoms with E-state index in [-0.39, 0.29) is 18.3 Å². The van der Waals surface area contributed by atoms with Crippen molar-refractivity contribution in [1.29, 1.82) is 0 Å². The van der Waals surface area contributed by atoms with E-state index in [2.05, 4.69) is 44.7 Å². The van der Waals surface area contributed by atoms with Crippen LogP contribution in [0.1, 0.15) is 34.6 Å². The third-order valence-electron chi connectivity index (χ3n) is 4.73. The second kappa shape index (κ2) is 9.64. The highest BCUT2D eigenvalue weighted by Crippen LogP contribution is 2.32. The number of aromatic nitrogens is 1. The van der Waals surface area contributed by atoms with Gasteiger partial charge in [0.2, 0.25) is 0 Å². The predicted molar refractivity (Wildman–Crippen MR) is 120 cm³/mol. The number of fused-ring (bicyclic) bond motifs is 1. The lowest BCUT2D eigenvalue weighted by Gasteiger charge is -2.24. The first-order chi connectivity index (χ1) is 12.5. The second-order valence-electron chi connectivity index (χ2n) is 6.36. The number of hydrogen-bond acceptors (Lipinski definition) is 5. The quantitative estimate of drug-likeness (QED) is 0.511. The Hall–Kier alpha value is -1.47. The van der Waals surface area contributed by atoms with Gasteiger partial charge in [-0.3, -0.25) is 9.69 Å². The molecule has 1 aromatic carbocycles. The lowest BCUT2D eigenvalue weighted by Crippen LogP contribution is -2.38. The number of anilines is 1. The number of halogens is 1. The van der Waals surface area contributed by atoms with Crippen LogP contribution in [0, 0.1) is 13.8 Å². The first kappa shape index (κ1) is 21.8. The van der Waals surface area contributed by atoms with Gasteiger partial charge >= 0.3 is 0 Å². The van der Waals surface area contributed by atoms with Crippen LogP contribution in [-0.4, -0.2) is 42.0 Å². The minimum absolute atomic E-state index is 0. The molecule has 0 radical (unpaired) electrons. The molecule has 27 heavy (non-hydrogen) atoms. The van der Waals surface area contributed by atoms with E-state index >= 15 is 0 Å². The summed E-state index contributed by atoms with van der Waals surface area (Å²) in [5.74, 6) is 0.0413. The number of hydrogen-bond donors (Lipinski definition) is 0. The van der Waals surface area contributed by atoms with Gasteiger partial charge < -0.3 is 4.90 Å². The summed E-state index contributed by atoms with van der Waals surface area (Å²) in [5.41, 5.74) is 3.46. The topological polar surface area (TPSA) is 36.4 Å². The molecule has 4 nitrogen and oxygen atoms in total. The van der Waals surface area contributed by atoms with Crippen molar-refractivity contribution in [3.63, 3.8) is 0 Å². The first-order valence-electron chi connectivity index (χ1n) is 8.99. The summed E-state index contributed by atoms with van der Waals surface area (Å²) in [7, 11) is 0. The van der Waals surface area contributed by atoms with Gasteiger partial charge in [-0.2, -0.15) is 0 Å². The van der Waals surface area contributed by atoms with E-state index in [1.54, 1.807) is 11.3 Å². The fourth-order valence-electron chi connectivity index (χ4n) is 2.88. The fraction of sp³-hybridized carbons (Fsp3) is 0.400. The summed E-state index contributed by atoms with van der Waals surface area (Å²) in [6.07, 6.45) is 0. The average molecular weight is 424 g/mol. The molecule has 0 N–H and O–H groups in total. The number of carbonyl (C=O) groups excluding carboxylic acids is 1. The fourth-order valence-corrected chi connectivity index (χ4v) is 4.62. The van der Waals surface area contributed by atoms with Crippen LogP contribution in [0.5, 0.6) is 0 Å². The van der Waals surface area contributed by atoms with Crippen LogP contribution in [0.3, 0.4) is 0 Å². The van der Waals surface area contributed by atoms with Gasteiger partial charge in [0.05, 0.1) is 15.1 Å². The van der Waals surface area contributed by atoms with Crippen LogP contribution in [-0.2, 0) is 0 Å². The van der Waals surface area contributed by atoms with E-state index in [0.717, 1.165) is 39.9 Å². The van der Waals surface area contributed by atoms with Crippen molar-refractivity contribution in [1.82, 2.24) is 9.88 Å². The lowest BCUT2D eigenvalue weighted by molar-refractivity contribution is 0.0987. The third-order valence-corrected chi connectivity index (χ3v) is 6.63. The average Bonchev–Trinajstić information content (AvgIpc) is 3.29. The highest BCUT2D eigenvalue weighted by molar-refractivity contribution is 7.22. The molecule has 3 aromatic rings. The molecule has 0 fully saturated rings. The third kappa shape index (κ3) is 4.88. The first-order valence-corrected chi connectivity index (χ1v) is 10.7. The van der Waals surface area contributed by atoms with Gasteiger partial charge in [0.1, 0.15) is 0 Å². The van der Waals surface area contributed by atoms with Gasteiger partial charge in [-0.05, 0) is 61.6 Å². The van der Waals surface area contributed by atoms with Crippen LogP contribution in [0.15, 0.2) is 29.6 Å². The molecule has 2 aromatic heterocycles. The van der Waals surface area contributed by atoms with E-state index in [9.17, 15) is 4.79 Å². The maximum Gasteiger partial charge on any atom is 0.270 e. The van der Waals surface area contributed by atoms with Crippen LogP contribution >= 0.6 is 35.1 Å². The Morgan fingerprint density at radius 2 is 1.81 bits per heavy atom. The summed E-state index contributed by atoms with van der Waals surface area (Å²) in [4.78, 5) is 22.8. The summed E-state index contributed by atoms with van der Waals surface area (Å²) < 4.78 is 1.13. The van der Waals surface area contributed by atoms with Crippen LogP contribution < -0.4 is 4.90 Å². The van der Waals surface area contributed by atoms with Gasteiger partial charge in [-0.15, -0.1) is 23.7 Å². The minimum Gasteiger partial charge on any atom is -0.302 e. The minimum atomic E-state index is 0. The zero-order chi connectivity index (χ0) is 18.7. The van der Waals surface area contributed by atoms with Gasteiger partial charge in [-0.1, -0.05) is 31.3 Å². The van der Waals surface area contributed by atoms with E-state index in [4.69, 9.17) is 4.98 Å². The number of thiophene rings is 1. The number of likely N-dealkylation sites (N-methyl/N-ethyl adjacent to an activating group) is 1. The molecule has 0 unspecified atom stereocenters. The van der Waals surface area contributed by atoms with Crippen LogP contribution in [0.25, 0.3) is 10.2 Å². The Morgan fingerprint density at radius 3 is 2.44 bits per heavy atom. The molecule has 0 spiro atoms. The normalized spacial score (nSPS) is 11.0. The molecule has 1 amide bonds. The summed E-state index contributed by atoms with van der Waals surface area (Å²) in [5, 5.41) is 2.73. The molecule has 0 saturated carbocycles. The smallest absolute Gasteiger partial charge is 0.270 e. The van der Waals surface area contributed by atoms with E-state index in [1.165, 1.54) is 22.5 Å². The molecule has 0 bridgehead atoms. The monoisotopic (exact) mass is 423 g/mol. The molecular formula is C20H26ClN3OS2. The Labute approximate surface area is 175 Å². The Bertz CT molecular complexity index is 849. The van der Waals surface area contributed by atoms with E-state index in [1.807, 2.05) is 22.4 Å². The molecule has 3 rings (SSSR count). The van der Waals surface area contributed by atoms with E-state index < -0.39 is 0 Å². The molecule has 2 heterocycles. The number of carbonyl (C=O) groups is 1. The van der Waals surface area contributed by atoms with Gasteiger partial charge in [-0.25, -0.2) is 4.98 Å². The van der Waals surface area contributed by atoms with Crippen molar-refractivity contribution in [2.45, 2.75) is 27.7 Å². The van der Waals surface area contributed by atoms with Crippen LogP contribution in [0.2, 0.25) is 0 Å². The molecule has 7 heteroatoms. The SMILES string of the molecule is CCN(CC)CCN(C(=O)c1cccs1)c1nc2cc(C)c(C)cc2s1.Cl. The number of rotatable bonds is 7. The van der Waals surface area contributed by atoms with Crippen molar-refractivity contribution in [2.75, 3.05) is 31.1 Å². The molecule has 0 aliphatic carbocycles. The molecule has 0 saturated heterocycles. The predicted octanol–water partition coefficient (Wildman–Crippen LogP) is 5.39. The maximum atomic E-state index is 13.1. The Morgan fingerprint density at radius 1 is 1.11 bits per heavy atom. The highest BCUT2D eigenvalue weighted by atomic mass is 35.5. The van der Waals surface area contributed by atoms with Gasteiger partial charge in [0.15, 0.2) is 5.13 Å². The van der Waals surface area contributed by atoms with E-state index in [0.29, 0.717) is 6.54 Å². The summed E-state index contributed by atoms with van der Waals surface area (Å²) >= 11 is 3.08. The van der Waals surface area contributed by atoms with Crippen molar-refractivity contribution in [3.8, 4) is 0 Å². The summed E-state index contributed by atoms with van der Waals surface area (Å²) in [6.45, 7) is 12.0. The number of aryl methyl sites for hydroxylation is 2. The number of thiazole rings is 1. The maximum absolute atomic E-state index is 13.1. The van der Waals surface area contributed by atoms with Crippen LogP contribution in [0.4, 0.5) is 5.13 Å². The number of benzene rings is 1.